The predicted octanol–water partition coefficient (Wildman–Crippen LogP) is 4.49. The fourth-order valence-corrected chi connectivity index (χ4v) is 1.64. The highest BCUT2D eigenvalue weighted by molar-refractivity contribution is 5.73. The third-order valence-electron chi connectivity index (χ3n) is 2.25. The molecular weight excluding hydrogens is 196 g/mol. The number of phenolic OH excluding ortho intramolecular Hbond substituents is 1. The first-order valence-corrected chi connectivity index (χ1v) is 5.48. The summed E-state index contributed by atoms with van der Waals surface area (Å²) in [5, 5.41) is 9.94. The van der Waals surface area contributed by atoms with Gasteiger partial charge in [0.05, 0.1) is 0 Å². The second kappa shape index (κ2) is 5.96. The Balaban J connectivity index is 3.38. The van der Waals surface area contributed by atoms with Gasteiger partial charge < -0.3 is 5.11 Å². The Morgan fingerprint density at radius 3 is 2.06 bits per heavy atom. The van der Waals surface area contributed by atoms with Crippen LogP contribution in [-0.4, -0.2) is 5.11 Å². The third kappa shape index (κ3) is 2.86. The fourth-order valence-electron chi connectivity index (χ4n) is 1.64. The van der Waals surface area contributed by atoms with Crippen molar-refractivity contribution in [3.63, 3.8) is 0 Å². The van der Waals surface area contributed by atoms with E-state index in [0.717, 1.165) is 16.7 Å². The number of benzene rings is 1. The molecule has 0 heterocycles. The van der Waals surface area contributed by atoms with Gasteiger partial charge in [-0.25, -0.2) is 0 Å². The van der Waals surface area contributed by atoms with E-state index in [0.29, 0.717) is 5.75 Å². The van der Waals surface area contributed by atoms with E-state index in [1.165, 1.54) is 0 Å². The quantitative estimate of drug-likeness (QED) is 0.785. The van der Waals surface area contributed by atoms with Gasteiger partial charge in [-0.3, -0.25) is 0 Å². The summed E-state index contributed by atoms with van der Waals surface area (Å²) in [7, 11) is 0. The average Bonchev–Trinajstić information content (AvgIpc) is 2.24. The van der Waals surface area contributed by atoms with Crippen molar-refractivity contribution in [3.8, 4) is 5.75 Å². The SMILES string of the molecule is CC=Cc1cc(O)c(C=CC)c(C=CC)c1. The predicted molar refractivity (Wildman–Crippen MR) is 72.2 cm³/mol. The van der Waals surface area contributed by atoms with E-state index in [4.69, 9.17) is 0 Å². The molecule has 0 unspecified atom stereocenters. The number of allylic oxidation sites excluding steroid dienone is 3. The summed E-state index contributed by atoms with van der Waals surface area (Å²) in [4.78, 5) is 0. The van der Waals surface area contributed by atoms with Crippen LogP contribution in [0.5, 0.6) is 5.75 Å². The number of hydrogen-bond acceptors (Lipinski definition) is 1. The van der Waals surface area contributed by atoms with E-state index in [1.807, 2.05) is 57.2 Å². The summed E-state index contributed by atoms with van der Waals surface area (Å²) >= 11 is 0. The number of aromatic hydroxyl groups is 1. The Morgan fingerprint density at radius 1 is 0.875 bits per heavy atom. The Kier molecular flexibility index (Phi) is 4.59. The van der Waals surface area contributed by atoms with Gasteiger partial charge in [0.2, 0.25) is 0 Å². The second-order valence-electron chi connectivity index (χ2n) is 3.54. The van der Waals surface area contributed by atoms with Crippen molar-refractivity contribution in [2.75, 3.05) is 0 Å². The zero-order chi connectivity index (χ0) is 12.0. The zero-order valence-electron chi connectivity index (χ0n) is 10.1. The van der Waals surface area contributed by atoms with Crippen molar-refractivity contribution in [1.29, 1.82) is 0 Å². The van der Waals surface area contributed by atoms with Crippen LogP contribution in [0.25, 0.3) is 18.2 Å². The standard InChI is InChI=1S/C15H18O/c1-4-7-12-10-13(8-5-2)14(9-6-3)15(16)11-12/h4-11,16H,1-3H3. The summed E-state index contributed by atoms with van der Waals surface area (Å²) in [6.07, 6.45) is 11.8. The molecule has 0 bridgehead atoms. The summed E-state index contributed by atoms with van der Waals surface area (Å²) < 4.78 is 0. The molecule has 0 fully saturated rings. The minimum absolute atomic E-state index is 0.321. The van der Waals surface area contributed by atoms with Gasteiger partial charge in [0, 0.05) is 5.56 Å². The highest BCUT2D eigenvalue weighted by Crippen LogP contribution is 2.27. The van der Waals surface area contributed by atoms with Gasteiger partial charge >= 0.3 is 0 Å². The van der Waals surface area contributed by atoms with Gasteiger partial charge in [0.15, 0.2) is 0 Å². The lowest BCUT2D eigenvalue weighted by Crippen LogP contribution is -1.85. The maximum absolute atomic E-state index is 9.94. The van der Waals surface area contributed by atoms with Crippen LogP contribution in [0.3, 0.4) is 0 Å². The van der Waals surface area contributed by atoms with Crippen molar-refractivity contribution in [2.45, 2.75) is 20.8 Å². The molecule has 0 saturated heterocycles. The third-order valence-corrected chi connectivity index (χ3v) is 2.25. The zero-order valence-corrected chi connectivity index (χ0v) is 10.1. The molecular formula is C15H18O. The monoisotopic (exact) mass is 214 g/mol. The second-order valence-corrected chi connectivity index (χ2v) is 3.54. The van der Waals surface area contributed by atoms with Crippen LogP contribution in [0.15, 0.2) is 30.4 Å². The lowest BCUT2D eigenvalue weighted by atomic mass is 10.0. The van der Waals surface area contributed by atoms with Crippen LogP contribution in [-0.2, 0) is 0 Å². The number of hydrogen-bond donors (Lipinski definition) is 1. The van der Waals surface area contributed by atoms with E-state index < -0.39 is 0 Å². The number of phenols is 1. The van der Waals surface area contributed by atoms with Crippen molar-refractivity contribution < 1.29 is 5.11 Å². The maximum atomic E-state index is 9.94. The smallest absolute Gasteiger partial charge is 0.123 e. The molecule has 0 spiro atoms. The molecule has 0 radical (unpaired) electrons. The minimum Gasteiger partial charge on any atom is -0.507 e. The molecule has 1 N–H and O–H groups in total. The molecule has 16 heavy (non-hydrogen) atoms. The summed E-state index contributed by atoms with van der Waals surface area (Å²) in [5.74, 6) is 0.321. The first-order chi connectivity index (χ1) is 7.72. The highest BCUT2D eigenvalue weighted by Gasteiger charge is 2.04. The van der Waals surface area contributed by atoms with Crippen LogP contribution in [0.4, 0.5) is 0 Å². The fraction of sp³-hybridized carbons (Fsp3) is 0.200. The molecule has 1 nitrogen and oxygen atoms in total. The molecule has 84 valence electrons. The van der Waals surface area contributed by atoms with Gasteiger partial charge in [-0.05, 0) is 44.0 Å². The van der Waals surface area contributed by atoms with Crippen LogP contribution in [0.2, 0.25) is 0 Å². The molecule has 1 heteroatoms. The van der Waals surface area contributed by atoms with Gasteiger partial charge in [-0.15, -0.1) is 0 Å². The normalized spacial score (nSPS) is 12.2. The van der Waals surface area contributed by atoms with Crippen molar-refractivity contribution >= 4 is 18.2 Å². The highest BCUT2D eigenvalue weighted by atomic mass is 16.3. The van der Waals surface area contributed by atoms with Gasteiger partial charge in [0.25, 0.3) is 0 Å². The largest absolute Gasteiger partial charge is 0.507 e. The van der Waals surface area contributed by atoms with Gasteiger partial charge in [-0.1, -0.05) is 36.5 Å². The topological polar surface area (TPSA) is 20.2 Å². The first-order valence-electron chi connectivity index (χ1n) is 5.48. The molecule has 1 aromatic carbocycles. The first kappa shape index (κ1) is 12.3. The lowest BCUT2D eigenvalue weighted by molar-refractivity contribution is 0.474. The Hall–Kier alpha value is -1.76. The lowest BCUT2D eigenvalue weighted by Gasteiger charge is -2.06. The van der Waals surface area contributed by atoms with E-state index in [1.54, 1.807) is 6.07 Å². The summed E-state index contributed by atoms with van der Waals surface area (Å²) in [6, 6.07) is 3.84. The Labute approximate surface area is 97.4 Å². The maximum Gasteiger partial charge on any atom is 0.123 e. The van der Waals surface area contributed by atoms with E-state index in [9.17, 15) is 5.11 Å². The van der Waals surface area contributed by atoms with E-state index in [2.05, 4.69) is 6.07 Å². The molecule has 0 aliphatic heterocycles. The van der Waals surface area contributed by atoms with E-state index in [-0.39, 0.29) is 0 Å². The van der Waals surface area contributed by atoms with E-state index >= 15 is 0 Å². The minimum atomic E-state index is 0.321. The van der Waals surface area contributed by atoms with Crippen molar-refractivity contribution in [1.82, 2.24) is 0 Å². The molecule has 0 aromatic heterocycles. The van der Waals surface area contributed by atoms with Crippen LogP contribution < -0.4 is 0 Å². The van der Waals surface area contributed by atoms with Crippen molar-refractivity contribution in [2.24, 2.45) is 0 Å². The molecule has 0 amide bonds. The molecule has 0 saturated carbocycles. The summed E-state index contributed by atoms with van der Waals surface area (Å²) in [6.45, 7) is 5.88. The molecule has 1 rings (SSSR count). The number of rotatable bonds is 3. The van der Waals surface area contributed by atoms with Crippen LogP contribution in [0, 0.1) is 0 Å². The average molecular weight is 214 g/mol. The van der Waals surface area contributed by atoms with Crippen molar-refractivity contribution in [3.05, 3.63) is 47.1 Å². The van der Waals surface area contributed by atoms with Gasteiger partial charge in [-0.2, -0.15) is 0 Å². The summed E-state index contributed by atoms with van der Waals surface area (Å²) in [5.41, 5.74) is 2.92. The molecule has 1 aromatic rings. The Morgan fingerprint density at radius 2 is 1.50 bits per heavy atom. The molecule has 0 atom stereocenters. The molecule has 0 aliphatic rings. The Bertz CT molecular complexity index is 437. The van der Waals surface area contributed by atoms with Crippen LogP contribution in [0.1, 0.15) is 37.5 Å². The van der Waals surface area contributed by atoms with Gasteiger partial charge in [0.1, 0.15) is 5.75 Å². The molecule has 0 aliphatic carbocycles. The van der Waals surface area contributed by atoms with Crippen LogP contribution >= 0.6 is 0 Å².